The van der Waals surface area contributed by atoms with Crippen LogP contribution >= 0.6 is 27.7 Å². The van der Waals surface area contributed by atoms with Gasteiger partial charge in [-0.05, 0) is 31.1 Å². The van der Waals surface area contributed by atoms with Crippen molar-refractivity contribution in [2.45, 2.75) is 18.6 Å². The highest BCUT2D eigenvalue weighted by atomic mass is 79.9. The van der Waals surface area contributed by atoms with E-state index < -0.39 is 0 Å². The van der Waals surface area contributed by atoms with E-state index in [0.717, 1.165) is 17.2 Å². The van der Waals surface area contributed by atoms with Gasteiger partial charge in [0.15, 0.2) is 5.16 Å². The molecule has 0 saturated carbocycles. The van der Waals surface area contributed by atoms with Crippen LogP contribution < -0.4 is 0 Å². The molecule has 0 N–H and O–H groups in total. The van der Waals surface area contributed by atoms with Crippen molar-refractivity contribution in [1.82, 2.24) is 9.55 Å². The number of halogens is 1. The first-order valence-corrected chi connectivity index (χ1v) is 7.55. The highest BCUT2D eigenvalue weighted by Gasteiger charge is 2.06. The second kappa shape index (κ2) is 6.18. The third-order valence-electron chi connectivity index (χ3n) is 2.12. The lowest BCUT2D eigenvalue weighted by atomic mass is 10.3. The molecule has 0 saturated heterocycles. The number of benzene rings is 1. The zero-order valence-electron chi connectivity index (χ0n) is 9.20. The highest BCUT2D eigenvalue weighted by Crippen LogP contribution is 2.21. The predicted molar refractivity (Wildman–Crippen MR) is 72.0 cm³/mol. The SMILES string of the molecule is CBr.CCn1c(SC)nc2ccccc21. The topological polar surface area (TPSA) is 17.8 Å². The van der Waals surface area contributed by atoms with Crippen LogP contribution in [0.1, 0.15) is 6.92 Å². The molecule has 0 aliphatic carbocycles. The minimum atomic E-state index is 0.983. The third-order valence-corrected chi connectivity index (χ3v) is 2.80. The van der Waals surface area contributed by atoms with Crippen molar-refractivity contribution in [3.63, 3.8) is 0 Å². The van der Waals surface area contributed by atoms with Crippen molar-refractivity contribution in [2.24, 2.45) is 0 Å². The molecule has 0 spiro atoms. The Morgan fingerprint density at radius 3 is 2.60 bits per heavy atom. The summed E-state index contributed by atoms with van der Waals surface area (Å²) in [6.07, 6.45) is 2.06. The quantitative estimate of drug-likeness (QED) is 0.618. The van der Waals surface area contributed by atoms with Crippen molar-refractivity contribution >= 4 is 38.7 Å². The average Bonchev–Trinajstić information content (AvgIpc) is 2.69. The number of rotatable bonds is 2. The Labute approximate surface area is 103 Å². The first-order chi connectivity index (χ1) is 7.36. The summed E-state index contributed by atoms with van der Waals surface area (Å²) in [7, 11) is 0. The smallest absolute Gasteiger partial charge is 0.168 e. The number of imidazole rings is 1. The molecule has 2 nitrogen and oxygen atoms in total. The molecule has 15 heavy (non-hydrogen) atoms. The van der Waals surface area contributed by atoms with Gasteiger partial charge in [-0.2, -0.15) is 0 Å². The van der Waals surface area contributed by atoms with Crippen molar-refractivity contribution in [2.75, 3.05) is 12.1 Å². The van der Waals surface area contributed by atoms with Gasteiger partial charge in [0.1, 0.15) is 0 Å². The number of aryl methyl sites for hydroxylation is 1. The number of aromatic nitrogens is 2. The molecule has 0 radical (unpaired) electrons. The average molecular weight is 287 g/mol. The first kappa shape index (κ1) is 12.6. The predicted octanol–water partition coefficient (Wildman–Crippen LogP) is 3.79. The number of fused-ring (bicyclic) bond motifs is 1. The zero-order valence-corrected chi connectivity index (χ0v) is 11.6. The fourth-order valence-corrected chi connectivity index (χ4v) is 2.15. The summed E-state index contributed by atoms with van der Waals surface area (Å²) in [4.78, 5) is 4.53. The highest BCUT2D eigenvalue weighted by molar-refractivity contribution is 9.08. The molecule has 4 heteroatoms. The summed E-state index contributed by atoms with van der Waals surface area (Å²) in [6, 6.07) is 8.26. The van der Waals surface area contributed by atoms with Crippen molar-refractivity contribution < 1.29 is 0 Å². The second-order valence-corrected chi connectivity index (χ2v) is 3.60. The largest absolute Gasteiger partial charge is 0.319 e. The number of thioether (sulfide) groups is 1. The molecule has 0 unspecified atom stereocenters. The minimum absolute atomic E-state index is 0.983. The summed E-state index contributed by atoms with van der Waals surface area (Å²) in [6.45, 7) is 3.13. The van der Waals surface area contributed by atoms with E-state index in [2.05, 4.69) is 56.9 Å². The maximum atomic E-state index is 4.53. The van der Waals surface area contributed by atoms with E-state index in [4.69, 9.17) is 0 Å². The van der Waals surface area contributed by atoms with Gasteiger partial charge in [-0.25, -0.2) is 4.98 Å². The van der Waals surface area contributed by atoms with Gasteiger partial charge in [0.2, 0.25) is 0 Å². The summed E-state index contributed by atoms with van der Waals surface area (Å²) in [5, 5.41) is 1.10. The zero-order chi connectivity index (χ0) is 11.3. The maximum absolute atomic E-state index is 4.53. The van der Waals surface area contributed by atoms with Crippen LogP contribution in [0.15, 0.2) is 29.4 Å². The number of hydrogen-bond donors (Lipinski definition) is 0. The molecular formula is C11H15BrN2S. The number of nitrogens with zero attached hydrogens (tertiary/aromatic N) is 2. The molecule has 1 aromatic carbocycles. The Morgan fingerprint density at radius 1 is 1.33 bits per heavy atom. The molecule has 2 rings (SSSR count). The van der Waals surface area contributed by atoms with Gasteiger partial charge in [-0.1, -0.05) is 39.8 Å². The number of alkyl halides is 1. The fourth-order valence-electron chi connectivity index (χ4n) is 1.51. The molecule has 2 aromatic rings. The molecular weight excluding hydrogens is 272 g/mol. The van der Waals surface area contributed by atoms with Crippen molar-refractivity contribution in [3.8, 4) is 0 Å². The van der Waals surface area contributed by atoms with E-state index in [9.17, 15) is 0 Å². The molecule has 0 aliphatic rings. The summed E-state index contributed by atoms with van der Waals surface area (Å²) in [5.41, 5.74) is 2.32. The molecule has 0 amide bonds. The van der Waals surface area contributed by atoms with E-state index in [1.807, 2.05) is 11.9 Å². The molecule has 0 aliphatic heterocycles. The van der Waals surface area contributed by atoms with Crippen molar-refractivity contribution in [1.29, 1.82) is 0 Å². The Hall–Kier alpha value is -0.480. The molecule has 82 valence electrons. The summed E-state index contributed by atoms with van der Waals surface area (Å²) < 4.78 is 2.24. The van der Waals surface area contributed by atoms with Crippen LogP contribution in [0, 0.1) is 0 Å². The fraction of sp³-hybridized carbons (Fsp3) is 0.364. The number of para-hydroxylation sites is 2. The van der Waals surface area contributed by atoms with Gasteiger partial charge >= 0.3 is 0 Å². The molecule has 0 bridgehead atoms. The Kier molecular flexibility index (Phi) is 5.19. The van der Waals surface area contributed by atoms with Crippen LogP contribution in [0.3, 0.4) is 0 Å². The van der Waals surface area contributed by atoms with Gasteiger partial charge in [-0.15, -0.1) is 0 Å². The van der Waals surface area contributed by atoms with E-state index in [-0.39, 0.29) is 0 Å². The van der Waals surface area contributed by atoms with Gasteiger partial charge in [0, 0.05) is 6.54 Å². The van der Waals surface area contributed by atoms with Crippen LogP contribution in [0.4, 0.5) is 0 Å². The Morgan fingerprint density at radius 2 is 2.00 bits per heavy atom. The van der Waals surface area contributed by atoms with Crippen LogP contribution in [0.2, 0.25) is 0 Å². The maximum Gasteiger partial charge on any atom is 0.168 e. The van der Waals surface area contributed by atoms with Gasteiger partial charge in [-0.3, -0.25) is 0 Å². The Balaban J connectivity index is 0.000000531. The molecule has 1 aromatic heterocycles. The lowest BCUT2D eigenvalue weighted by Crippen LogP contribution is -1.94. The second-order valence-electron chi connectivity index (χ2n) is 2.83. The minimum Gasteiger partial charge on any atom is -0.319 e. The summed E-state index contributed by atoms with van der Waals surface area (Å²) in [5.74, 6) is 1.81. The molecule has 0 atom stereocenters. The van der Waals surface area contributed by atoms with Crippen LogP contribution in [-0.2, 0) is 6.54 Å². The van der Waals surface area contributed by atoms with Gasteiger partial charge in [0.05, 0.1) is 11.0 Å². The lowest BCUT2D eigenvalue weighted by molar-refractivity contribution is 0.703. The van der Waals surface area contributed by atoms with Gasteiger partial charge < -0.3 is 4.57 Å². The van der Waals surface area contributed by atoms with E-state index >= 15 is 0 Å². The standard InChI is InChI=1S/C10H12N2S.CH3Br/c1-3-12-9-7-5-4-6-8(9)11-10(12)13-2;1-2/h4-7H,3H2,1-2H3;1H3. The van der Waals surface area contributed by atoms with Crippen LogP contribution in [-0.4, -0.2) is 21.6 Å². The number of hydrogen-bond acceptors (Lipinski definition) is 2. The molecule has 1 heterocycles. The lowest BCUT2D eigenvalue weighted by Gasteiger charge is -2.01. The first-order valence-electron chi connectivity index (χ1n) is 4.74. The third kappa shape index (κ3) is 2.55. The normalized spacial score (nSPS) is 9.87. The summed E-state index contributed by atoms with van der Waals surface area (Å²) >= 11 is 4.64. The van der Waals surface area contributed by atoms with Crippen molar-refractivity contribution in [3.05, 3.63) is 24.3 Å². The van der Waals surface area contributed by atoms with E-state index in [1.54, 1.807) is 11.8 Å². The van der Waals surface area contributed by atoms with E-state index in [1.165, 1.54) is 5.52 Å². The van der Waals surface area contributed by atoms with Crippen LogP contribution in [0.25, 0.3) is 11.0 Å². The molecule has 0 fully saturated rings. The monoisotopic (exact) mass is 286 g/mol. The van der Waals surface area contributed by atoms with Crippen LogP contribution in [0.5, 0.6) is 0 Å². The van der Waals surface area contributed by atoms with Gasteiger partial charge in [0.25, 0.3) is 0 Å². The van der Waals surface area contributed by atoms with E-state index in [0.29, 0.717) is 0 Å². The Bertz CT molecular complexity index is 425.